The molecule has 4 aromatic rings. The summed E-state index contributed by atoms with van der Waals surface area (Å²) in [6.07, 6.45) is -3.57. The molecule has 1 N–H and O–H groups in total. The van der Waals surface area contributed by atoms with Gasteiger partial charge in [-0.15, -0.1) is 11.3 Å². The summed E-state index contributed by atoms with van der Waals surface area (Å²) in [7, 11) is 0. The van der Waals surface area contributed by atoms with Gasteiger partial charge in [0, 0.05) is 17.8 Å². The molecule has 1 heterocycles. The highest BCUT2D eigenvalue weighted by atomic mass is 32.1. The van der Waals surface area contributed by atoms with E-state index in [1.807, 2.05) is 25.1 Å². The highest BCUT2D eigenvalue weighted by Crippen LogP contribution is 2.29. The van der Waals surface area contributed by atoms with E-state index >= 15 is 0 Å². The van der Waals surface area contributed by atoms with Crippen molar-refractivity contribution in [3.8, 4) is 0 Å². The Balaban J connectivity index is 1.41. The Labute approximate surface area is 187 Å². The van der Waals surface area contributed by atoms with Crippen molar-refractivity contribution < 1.29 is 18.0 Å². The fraction of sp³-hybridized carbons (Fsp3) is 0.200. The second-order valence-corrected chi connectivity index (χ2v) is 8.75. The summed E-state index contributed by atoms with van der Waals surface area (Å²) in [5, 5.41) is 6.00. The number of aryl methyl sites for hydroxylation is 1. The lowest BCUT2D eigenvalue weighted by Gasteiger charge is -2.09. The van der Waals surface area contributed by atoms with Crippen LogP contribution in [0.25, 0.3) is 10.8 Å². The zero-order chi connectivity index (χ0) is 22.7. The van der Waals surface area contributed by atoms with Crippen LogP contribution in [-0.4, -0.2) is 10.9 Å². The second kappa shape index (κ2) is 9.12. The van der Waals surface area contributed by atoms with Gasteiger partial charge < -0.3 is 5.32 Å². The van der Waals surface area contributed by atoms with E-state index in [1.54, 1.807) is 6.07 Å². The molecule has 3 aromatic carbocycles. The van der Waals surface area contributed by atoms with E-state index in [1.165, 1.54) is 33.7 Å². The van der Waals surface area contributed by atoms with Gasteiger partial charge in [-0.05, 0) is 41.0 Å². The predicted octanol–water partition coefficient (Wildman–Crippen LogP) is 6.07. The quantitative estimate of drug-likeness (QED) is 0.384. The van der Waals surface area contributed by atoms with Gasteiger partial charge in [0.2, 0.25) is 5.91 Å². The number of fused-ring (bicyclic) bond motifs is 1. The van der Waals surface area contributed by atoms with E-state index in [0.29, 0.717) is 12.0 Å². The Bertz CT molecular complexity index is 1260. The smallest absolute Gasteiger partial charge is 0.352 e. The summed E-state index contributed by atoms with van der Waals surface area (Å²) in [6, 6.07) is 19.4. The van der Waals surface area contributed by atoms with Crippen LogP contribution in [0.3, 0.4) is 0 Å². The van der Waals surface area contributed by atoms with Gasteiger partial charge >= 0.3 is 6.18 Å². The number of carbonyl (C=O) groups is 1. The largest absolute Gasteiger partial charge is 0.416 e. The van der Waals surface area contributed by atoms with Crippen molar-refractivity contribution in [2.45, 2.75) is 32.5 Å². The number of aromatic nitrogens is 1. The van der Waals surface area contributed by atoms with Gasteiger partial charge in [0.25, 0.3) is 0 Å². The summed E-state index contributed by atoms with van der Waals surface area (Å²) in [5.74, 6) is -0.245. The third-order valence-electron chi connectivity index (χ3n) is 5.22. The van der Waals surface area contributed by atoms with E-state index in [-0.39, 0.29) is 18.9 Å². The maximum absolute atomic E-state index is 12.9. The average Bonchev–Trinajstić information content (AvgIpc) is 3.10. The second-order valence-electron chi connectivity index (χ2n) is 7.58. The molecule has 0 aliphatic rings. The molecule has 4 rings (SSSR count). The number of carbonyl (C=O) groups excluding carboxylic acids is 1. The Kier molecular flexibility index (Phi) is 6.28. The first-order chi connectivity index (χ1) is 15.3. The number of hydrogen-bond acceptors (Lipinski definition) is 3. The standard InChI is InChI=1S/C25H21F3N2OS/c1-16-22(14-23(31)29-15-17-6-4-10-20(12-17)25(26,27)28)32-24(30-16)13-19-9-5-8-18-7-2-3-11-21(18)19/h2-12H,13-15H2,1H3,(H,29,31). The third-order valence-corrected chi connectivity index (χ3v) is 6.38. The van der Waals surface area contributed by atoms with Crippen LogP contribution in [0.1, 0.15) is 32.3 Å². The number of thiazole rings is 1. The van der Waals surface area contributed by atoms with Crippen molar-refractivity contribution in [1.29, 1.82) is 0 Å². The number of alkyl halides is 3. The molecule has 164 valence electrons. The van der Waals surface area contributed by atoms with Crippen molar-refractivity contribution in [1.82, 2.24) is 10.3 Å². The van der Waals surface area contributed by atoms with Gasteiger partial charge in [0.1, 0.15) is 0 Å². The topological polar surface area (TPSA) is 42.0 Å². The van der Waals surface area contributed by atoms with Crippen LogP contribution in [0.5, 0.6) is 0 Å². The lowest BCUT2D eigenvalue weighted by molar-refractivity contribution is -0.137. The molecule has 0 spiro atoms. The Morgan fingerprint density at radius 3 is 2.59 bits per heavy atom. The predicted molar refractivity (Wildman–Crippen MR) is 121 cm³/mol. The molecule has 0 radical (unpaired) electrons. The van der Waals surface area contributed by atoms with Crippen LogP contribution in [-0.2, 0) is 30.4 Å². The van der Waals surface area contributed by atoms with E-state index in [0.717, 1.165) is 27.7 Å². The highest BCUT2D eigenvalue weighted by molar-refractivity contribution is 7.11. The molecule has 32 heavy (non-hydrogen) atoms. The number of rotatable bonds is 6. The zero-order valence-electron chi connectivity index (χ0n) is 17.4. The van der Waals surface area contributed by atoms with Crippen LogP contribution in [0.2, 0.25) is 0 Å². The molecule has 0 bridgehead atoms. The summed E-state index contributed by atoms with van der Waals surface area (Å²) in [4.78, 5) is 17.9. The summed E-state index contributed by atoms with van der Waals surface area (Å²) < 4.78 is 38.6. The van der Waals surface area contributed by atoms with Crippen molar-refractivity contribution in [2.75, 3.05) is 0 Å². The van der Waals surface area contributed by atoms with Gasteiger partial charge in [0.15, 0.2) is 0 Å². The van der Waals surface area contributed by atoms with Crippen LogP contribution in [0.4, 0.5) is 13.2 Å². The molecule has 0 fully saturated rings. The van der Waals surface area contributed by atoms with E-state index in [2.05, 4.69) is 34.6 Å². The lowest BCUT2D eigenvalue weighted by Crippen LogP contribution is -2.24. The molecule has 0 unspecified atom stereocenters. The summed E-state index contributed by atoms with van der Waals surface area (Å²) >= 11 is 1.50. The van der Waals surface area contributed by atoms with E-state index < -0.39 is 11.7 Å². The lowest BCUT2D eigenvalue weighted by atomic mass is 10.0. The normalized spacial score (nSPS) is 11.6. The number of hydrogen-bond donors (Lipinski definition) is 1. The fourth-order valence-electron chi connectivity index (χ4n) is 3.60. The number of benzene rings is 3. The fourth-order valence-corrected chi connectivity index (χ4v) is 4.70. The Morgan fingerprint density at radius 1 is 1.03 bits per heavy atom. The number of nitrogens with zero attached hydrogens (tertiary/aromatic N) is 1. The maximum Gasteiger partial charge on any atom is 0.416 e. The molecule has 0 saturated carbocycles. The van der Waals surface area contributed by atoms with Crippen LogP contribution in [0, 0.1) is 6.92 Å². The summed E-state index contributed by atoms with van der Waals surface area (Å²) in [6.45, 7) is 1.92. The van der Waals surface area contributed by atoms with Crippen LogP contribution < -0.4 is 5.32 Å². The van der Waals surface area contributed by atoms with Gasteiger partial charge in [-0.3, -0.25) is 4.79 Å². The van der Waals surface area contributed by atoms with E-state index in [4.69, 9.17) is 0 Å². The van der Waals surface area contributed by atoms with Gasteiger partial charge in [-0.1, -0.05) is 54.6 Å². The number of nitrogens with one attached hydrogen (secondary N) is 1. The highest BCUT2D eigenvalue weighted by Gasteiger charge is 2.30. The molecule has 0 aliphatic heterocycles. The first-order valence-electron chi connectivity index (χ1n) is 10.1. The number of halogens is 3. The minimum Gasteiger partial charge on any atom is -0.352 e. The minimum atomic E-state index is -4.40. The Hall–Kier alpha value is -3.19. The van der Waals surface area contributed by atoms with Gasteiger partial charge in [0.05, 0.1) is 22.7 Å². The summed E-state index contributed by atoms with van der Waals surface area (Å²) in [5.41, 5.74) is 1.67. The van der Waals surface area contributed by atoms with Crippen LogP contribution in [0.15, 0.2) is 66.7 Å². The van der Waals surface area contributed by atoms with Gasteiger partial charge in [-0.2, -0.15) is 13.2 Å². The van der Waals surface area contributed by atoms with E-state index in [9.17, 15) is 18.0 Å². The molecule has 1 aromatic heterocycles. The Morgan fingerprint density at radius 2 is 1.78 bits per heavy atom. The van der Waals surface area contributed by atoms with Gasteiger partial charge in [-0.25, -0.2) is 4.98 Å². The zero-order valence-corrected chi connectivity index (χ0v) is 18.2. The van der Waals surface area contributed by atoms with Crippen LogP contribution >= 0.6 is 11.3 Å². The first-order valence-corrected chi connectivity index (χ1v) is 11.0. The third kappa shape index (κ3) is 5.16. The minimum absolute atomic E-state index is 0.0451. The molecule has 3 nitrogen and oxygen atoms in total. The molecule has 0 aliphatic carbocycles. The molecule has 1 amide bonds. The van der Waals surface area contributed by atoms with Crippen molar-refractivity contribution in [2.24, 2.45) is 0 Å². The van der Waals surface area contributed by atoms with Crippen molar-refractivity contribution >= 4 is 28.0 Å². The number of amides is 1. The average molecular weight is 455 g/mol. The molecule has 0 saturated heterocycles. The molecule has 0 atom stereocenters. The van der Waals surface area contributed by atoms with Crippen molar-refractivity contribution in [3.63, 3.8) is 0 Å². The SMILES string of the molecule is Cc1nc(Cc2cccc3ccccc23)sc1CC(=O)NCc1cccc(C(F)(F)F)c1. The molecule has 7 heteroatoms. The van der Waals surface area contributed by atoms with Crippen molar-refractivity contribution in [3.05, 3.63) is 99.0 Å². The first kappa shape index (κ1) is 22.0. The molecular formula is C25H21F3N2OS. The molecular weight excluding hydrogens is 433 g/mol. The monoisotopic (exact) mass is 454 g/mol. The maximum atomic E-state index is 12.9.